The Morgan fingerprint density at radius 2 is 2.10 bits per heavy atom. The van der Waals surface area contributed by atoms with Crippen LogP contribution in [0.15, 0.2) is 10.5 Å². The maximum atomic E-state index is 12.7. The maximum absolute atomic E-state index is 12.7. The summed E-state index contributed by atoms with van der Waals surface area (Å²) in [5.41, 5.74) is 0.460. The lowest BCUT2D eigenvalue weighted by molar-refractivity contribution is -0.141. The fourth-order valence-corrected chi connectivity index (χ4v) is 3.94. The van der Waals surface area contributed by atoms with Gasteiger partial charge in [0.15, 0.2) is 0 Å². The summed E-state index contributed by atoms with van der Waals surface area (Å²) in [6.45, 7) is 7.49. The highest BCUT2D eigenvalue weighted by Gasteiger charge is 2.43. The van der Waals surface area contributed by atoms with Gasteiger partial charge in [0.2, 0.25) is 0 Å². The number of rotatable bonds is 3. The minimum atomic E-state index is -0.952. The third-order valence-electron chi connectivity index (χ3n) is 3.40. The number of hydrogen-bond acceptors (Lipinski definition) is 4. The van der Waals surface area contributed by atoms with Crippen LogP contribution in [-0.4, -0.2) is 39.1 Å². The van der Waals surface area contributed by atoms with E-state index in [2.05, 4.69) is 0 Å². The molecular formula is C14H19NO4S. The normalized spacial score (nSPS) is 22.6. The number of carbonyl (C=O) groups is 2. The maximum Gasteiger partial charge on any atom is 0.327 e. The van der Waals surface area contributed by atoms with Crippen molar-refractivity contribution in [3.8, 4) is 0 Å². The molecule has 2 rings (SSSR count). The number of hydrogen-bond donors (Lipinski definition) is 1. The van der Waals surface area contributed by atoms with E-state index in [0.29, 0.717) is 22.8 Å². The van der Waals surface area contributed by atoms with Crippen LogP contribution >= 0.6 is 11.8 Å². The number of nitrogens with zero attached hydrogens (tertiary/aromatic N) is 1. The zero-order chi connectivity index (χ0) is 15.0. The van der Waals surface area contributed by atoms with Crippen molar-refractivity contribution in [2.24, 2.45) is 5.92 Å². The summed E-state index contributed by atoms with van der Waals surface area (Å²) in [4.78, 5) is 25.6. The third-order valence-corrected chi connectivity index (χ3v) is 5.02. The first-order chi connectivity index (χ1) is 9.32. The van der Waals surface area contributed by atoms with Gasteiger partial charge < -0.3 is 14.4 Å². The SMILES string of the molecule is Cc1cc(C(=O)N2C(C(=O)O)CSC2C(C)C)c(C)o1. The van der Waals surface area contributed by atoms with Gasteiger partial charge in [0.05, 0.1) is 10.9 Å². The van der Waals surface area contributed by atoms with Gasteiger partial charge in [0, 0.05) is 5.75 Å². The number of thioether (sulfide) groups is 1. The number of furan rings is 1. The number of carboxylic acids is 1. The van der Waals surface area contributed by atoms with Gasteiger partial charge in [-0.2, -0.15) is 0 Å². The number of aliphatic carboxylic acids is 1. The highest BCUT2D eigenvalue weighted by molar-refractivity contribution is 8.00. The average molecular weight is 297 g/mol. The molecule has 1 aromatic heterocycles. The first kappa shape index (κ1) is 15.0. The van der Waals surface area contributed by atoms with E-state index in [0.717, 1.165) is 0 Å². The standard InChI is InChI=1S/C14H19NO4S/c1-7(2)13-15(11(6-20-13)14(17)18)12(16)10-5-8(3)19-9(10)4/h5,7,11,13H,6H2,1-4H3,(H,17,18). The number of aryl methyl sites for hydroxylation is 2. The van der Waals surface area contributed by atoms with Crippen molar-refractivity contribution in [2.75, 3.05) is 5.75 Å². The lowest BCUT2D eigenvalue weighted by atomic mass is 10.1. The molecule has 0 radical (unpaired) electrons. The summed E-state index contributed by atoms with van der Waals surface area (Å²) in [6, 6.07) is 0.909. The summed E-state index contributed by atoms with van der Waals surface area (Å²) in [5.74, 6) is 0.616. The van der Waals surface area contributed by atoms with Gasteiger partial charge in [-0.3, -0.25) is 4.79 Å². The van der Waals surface area contributed by atoms with Crippen molar-refractivity contribution in [3.05, 3.63) is 23.2 Å². The molecule has 0 aromatic carbocycles. The van der Waals surface area contributed by atoms with Crippen LogP contribution in [0, 0.1) is 19.8 Å². The topological polar surface area (TPSA) is 70.8 Å². The molecule has 1 amide bonds. The highest BCUT2D eigenvalue weighted by Crippen LogP contribution is 2.35. The van der Waals surface area contributed by atoms with Crippen LogP contribution in [0.4, 0.5) is 0 Å². The fraction of sp³-hybridized carbons (Fsp3) is 0.571. The zero-order valence-electron chi connectivity index (χ0n) is 12.0. The molecule has 1 aliphatic heterocycles. The fourth-order valence-electron chi connectivity index (χ4n) is 2.47. The van der Waals surface area contributed by atoms with E-state index < -0.39 is 12.0 Å². The molecule has 2 heterocycles. The smallest absolute Gasteiger partial charge is 0.327 e. The van der Waals surface area contributed by atoms with Crippen LogP contribution in [0.2, 0.25) is 0 Å². The average Bonchev–Trinajstić information content (AvgIpc) is 2.91. The molecule has 5 nitrogen and oxygen atoms in total. The van der Waals surface area contributed by atoms with Gasteiger partial charge in [-0.25, -0.2) is 4.79 Å². The van der Waals surface area contributed by atoms with E-state index in [-0.39, 0.29) is 17.2 Å². The molecule has 0 bridgehead atoms. The quantitative estimate of drug-likeness (QED) is 0.928. The highest BCUT2D eigenvalue weighted by atomic mass is 32.2. The molecule has 1 aliphatic rings. The lowest BCUT2D eigenvalue weighted by Gasteiger charge is -2.29. The van der Waals surface area contributed by atoms with Gasteiger partial charge in [-0.05, 0) is 25.8 Å². The second kappa shape index (κ2) is 5.52. The minimum absolute atomic E-state index is 0.113. The summed E-state index contributed by atoms with van der Waals surface area (Å²) in [5, 5.41) is 9.21. The van der Waals surface area contributed by atoms with Crippen molar-refractivity contribution in [1.82, 2.24) is 4.90 Å². The summed E-state index contributed by atoms with van der Waals surface area (Å²) in [7, 11) is 0. The van der Waals surface area contributed by atoms with Gasteiger partial charge in [-0.1, -0.05) is 13.8 Å². The Hall–Kier alpha value is -1.43. The number of carboxylic acid groups (broad SMARTS) is 1. The Morgan fingerprint density at radius 3 is 2.55 bits per heavy atom. The van der Waals surface area contributed by atoms with E-state index in [4.69, 9.17) is 4.42 Å². The van der Waals surface area contributed by atoms with Gasteiger partial charge in [0.1, 0.15) is 17.6 Å². The van der Waals surface area contributed by atoms with Crippen LogP contribution in [0.1, 0.15) is 35.7 Å². The molecule has 20 heavy (non-hydrogen) atoms. The molecule has 0 saturated carbocycles. The monoisotopic (exact) mass is 297 g/mol. The number of carbonyl (C=O) groups excluding carboxylic acids is 1. The Bertz CT molecular complexity index is 537. The molecule has 0 aliphatic carbocycles. The van der Waals surface area contributed by atoms with Crippen molar-refractivity contribution in [2.45, 2.75) is 39.1 Å². The van der Waals surface area contributed by atoms with Crippen LogP contribution in [-0.2, 0) is 4.79 Å². The second-order valence-corrected chi connectivity index (χ2v) is 6.51. The van der Waals surface area contributed by atoms with Gasteiger partial charge in [-0.15, -0.1) is 11.8 Å². The van der Waals surface area contributed by atoms with E-state index >= 15 is 0 Å². The van der Waals surface area contributed by atoms with Gasteiger partial charge >= 0.3 is 5.97 Å². The Balaban J connectivity index is 2.37. The summed E-state index contributed by atoms with van der Waals surface area (Å²) < 4.78 is 5.38. The first-order valence-electron chi connectivity index (χ1n) is 6.57. The Kier molecular flexibility index (Phi) is 4.13. The molecule has 1 fully saturated rings. The van der Waals surface area contributed by atoms with Crippen LogP contribution in [0.5, 0.6) is 0 Å². The third kappa shape index (κ3) is 2.57. The van der Waals surface area contributed by atoms with Crippen LogP contribution in [0.25, 0.3) is 0 Å². The predicted molar refractivity (Wildman–Crippen MR) is 76.9 cm³/mol. The van der Waals surface area contributed by atoms with Crippen LogP contribution in [0.3, 0.4) is 0 Å². The Labute approximate surface area is 122 Å². The lowest BCUT2D eigenvalue weighted by Crippen LogP contribution is -2.47. The largest absolute Gasteiger partial charge is 0.480 e. The second-order valence-electron chi connectivity index (χ2n) is 5.36. The first-order valence-corrected chi connectivity index (χ1v) is 7.62. The molecule has 2 unspecified atom stereocenters. The van der Waals surface area contributed by atoms with Crippen molar-refractivity contribution >= 4 is 23.6 Å². The van der Waals surface area contributed by atoms with Crippen molar-refractivity contribution < 1.29 is 19.1 Å². The Morgan fingerprint density at radius 1 is 1.45 bits per heavy atom. The number of amides is 1. The van der Waals surface area contributed by atoms with E-state index in [9.17, 15) is 14.7 Å². The van der Waals surface area contributed by atoms with Crippen molar-refractivity contribution in [3.63, 3.8) is 0 Å². The predicted octanol–water partition coefficient (Wildman–Crippen LogP) is 2.52. The molecule has 6 heteroatoms. The molecule has 0 spiro atoms. The molecule has 110 valence electrons. The van der Waals surface area contributed by atoms with Crippen molar-refractivity contribution in [1.29, 1.82) is 0 Å². The summed E-state index contributed by atoms with van der Waals surface area (Å²) >= 11 is 1.52. The van der Waals surface area contributed by atoms with E-state index in [1.165, 1.54) is 16.7 Å². The van der Waals surface area contributed by atoms with E-state index in [1.807, 2.05) is 13.8 Å². The van der Waals surface area contributed by atoms with Crippen LogP contribution < -0.4 is 0 Å². The molecule has 1 N–H and O–H groups in total. The minimum Gasteiger partial charge on any atom is -0.480 e. The molecule has 1 saturated heterocycles. The molecular weight excluding hydrogens is 278 g/mol. The van der Waals surface area contributed by atoms with E-state index in [1.54, 1.807) is 19.9 Å². The van der Waals surface area contributed by atoms with Gasteiger partial charge in [0.25, 0.3) is 5.91 Å². The molecule has 2 atom stereocenters. The summed E-state index contributed by atoms with van der Waals surface area (Å²) in [6.07, 6.45) is 0. The zero-order valence-corrected chi connectivity index (χ0v) is 12.9. The molecule has 1 aromatic rings.